The van der Waals surface area contributed by atoms with Crippen molar-refractivity contribution in [3.05, 3.63) is 0 Å². The van der Waals surface area contributed by atoms with E-state index in [0.717, 1.165) is 10.2 Å². The fourth-order valence-corrected chi connectivity index (χ4v) is 1.62. The summed E-state index contributed by atoms with van der Waals surface area (Å²) in [4.78, 5) is 4.04. The van der Waals surface area contributed by atoms with Crippen molar-refractivity contribution in [2.45, 2.75) is 32.2 Å². The van der Waals surface area contributed by atoms with Gasteiger partial charge in [-0.3, -0.25) is 9.80 Å². The molecule has 0 rings (SSSR count). The molecule has 5 heteroatoms. The van der Waals surface area contributed by atoms with Crippen LogP contribution in [0, 0.1) is 0 Å². The van der Waals surface area contributed by atoms with E-state index in [1.807, 2.05) is 51.8 Å². The molecule has 14 heavy (non-hydrogen) atoms. The summed E-state index contributed by atoms with van der Waals surface area (Å²) in [6.45, 7) is 4.04. The molecule has 86 valence electrons. The normalized spacial score (nSPS) is 18.9. The number of hydrogen-bond donors (Lipinski definition) is 0. The lowest BCUT2D eigenvalue weighted by atomic mass is 10.6. The van der Waals surface area contributed by atoms with Gasteiger partial charge in [-0.25, -0.2) is 0 Å². The van der Waals surface area contributed by atoms with Crippen LogP contribution in [-0.2, 0) is 9.47 Å². The summed E-state index contributed by atoms with van der Waals surface area (Å²) in [6.07, 6.45) is 0.207. The van der Waals surface area contributed by atoms with Crippen LogP contribution in [0.3, 0.4) is 0 Å². The molecule has 0 spiro atoms. The lowest BCUT2D eigenvalue weighted by Crippen LogP contribution is -2.38. The molecule has 0 amide bonds. The fraction of sp³-hybridized carbons (Fsp3) is 1.00. The van der Waals surface area contributed by atoms with Gasteiger partial charge in [-0.15, -0.1) is 0 Å². The third kappa shape index (κ3) is 5.72. The van der Waals surface area contributed by atoms with Crippen LogP contribution in [-0.4, -0.2) is 66.6 Å². The standard InChI is InChI=1S/C9H24N2O2Si/c1-7(10(3)4)12-9(14)13-8(2)11(5)6/h7-9H,1-6,14H3. The van der Waals surface area contributed by atoms with E-state index in [9.17, 15) is 0 Å². The van der Waals surface area contributed by atoms with E-state index in [1.165, 1.54) is 0 Å². The first kappa shape index (κ1) is 14.1. The molecule has 0 aliphatic carbocycles. The molecule has 0 aliphatic heterocycles. The average molecular weight is 220 g/mol. The summed E-state index contributed by atoms with van der Waals surface area (Å²) < 4.78 is 11.3. The van der Waals surface area contributed by atoms with Gasteiger partial charge >= 0.3 is 0 Å². The Labute approximate surface area is 90.6 Å². The fourth-order valence-electron chi connectivity index (χ4n) is 0.830. The molecule has 2 atom stereocenters. The Bertz CT molecular complexity index is 140. The van der Waals surface area contributed by atoms with Gasteiger partial charge in [0.2, 0.25) is 0 Å². The quantitative estimate of drug-likeness (QED) is 0.444. The van der Waals surface area contributed by atoms with Crippen molar-refractivity contribution in [2.75, 3.05) is 28.2 Å². The molecular weight excluding hydrogens is 196 g/mol. The van der Waals surface area contributed by atoms with Crippen LogP contribution in [0.2, 0.25) is 0 Å². The zero-order valence-corrected chi connectivity index (χ0v) is 12.4. The summed E-state index contributed by atoms with van der Waals surface area (Å²) in [6, 6.07) is 0. The third-order valence-electron chi connectivity index (χ3n) is 2.23. The molecule has 0 aliphatic rings. The zero-order chi connectivity index (χ0) is 11.3. The van der Waals surface area contributed by atoms with Gasteiger partial charge in [0.25, 0.3) is 0 Å². The molecule has 0 heterocycles. The molecule has 0 saturated heterocycles. The molecular formula is C9H24N2O2Si. The highest BCUT2D eigenvalue weighted by Crippen LogP contribution is 2.03. The number of hydrogen-bond acceptors (Lipinski definition) is 4. The summed E-state index contributed by atoms with van der Waals surface area (Å²) in [7, 11) is 8.86. The van der Waals surface area contributed by atoms with Crippen LogP contribution in [0.5, 0.6) is 0 Å². The van der Waals surface area contributed by atoms with E-state index >= 15 is 0 Å². The molecule has 2 unspecified atom stereocenters. The van der Waals surface area contributed by atoms with Gasteiger partial charge in [0.1, 0.15) is 18.4 Å². The molecule has 0 fully saturated rings. The van der Waals surface area contributed by atoms with Crippen LogP contribution in [0.4, 0.5) is 0 Å². The second-order valence-corrected chi connectivity index (χ2v) is 4.91. The monoisotopic (exact) mass is 220 g/mol. The summed E-state index contributed by atoms with van der Waals surface area (Å²) in [5, 5.41) is 0. The second kappa shape index (κ2) is 6.52. The molecule has 0 radical (unpaired) electrons. The van der Waals surface area contributed by atoms with Gasteiger partial charge in [0.05, 0.1) is 10.2 Å². The molecule has 0 saturated carbocycles. The Kier molecular flexibility index (Phi) is 6.55. The predicted octanol–water partition coefficient (Wildman–Crippen LogP) is -0.516. The molecule has 0 aromatic rings. The van der Waals surface area contributed by atoms with Crippen molar-refractivity contribution >= 4 is 10.2 Å². The first-order chi connectivity index (χ1) is 6.34. The van der Waals surface area contributed by atoms with Crippen LogP contribution in [0.25, 0.3) is 0 Å². The average Bonchev–Trinajstić information content (AvgIpc) is 2.03. The van der Waals surface area contributed by atoms with Crippen molar-refractivity contribution in [2.24, 2.45) is 0 Å². The van der Waals surface area contributed by atoms with E-state index in [2.05, 4.69) is 0 Å². The highest BCUT2D eigenvalue weighted by molar-refractivity contribution is 6.10. The van der Waals surface area contributed by atoms with E-state index < -0.39 is 0 Å². The van der Waals surface area contributed by atoms with Gasteiger partial charge in [-0.05, 0) is 42.0 Å². The van der Waals surface area contributed by atoms with Crippen molar-refractivity contribution in [3.63, 3.8) is 0 Å². The SMILES string of the molecule is CC(OC([SiH3])OC(C)N(C)C)N(C)C. The number of ether oxygens (including phenoxy) is 2. The minimum absolute atomic E-state index is 0.0511. The lowest BCUT2D eigenvalue weighted by Gasteiger charge is -2.28. The van der Waals surface area contributed by atoms with Crippen molar-refractivity contribution in [1.82, 2.24) is 9.80 Å². The Morgan fingerprint density at radius 3 is 1.36 bits per heavy atom. The zero-order valence-electron chi connectivity index (χ0n) is 10.4. The number of nitrogens with zero attached hydrogens (tertiary/aromatic N) is 2. The van der Waals surface area contributed by atoms with Gasteiger partial charge in [0, 0.05) is 0 Å². The predicted molar refractivity (Wildman–Crippen MR) is 62.2 cm³/mol. The molecule has 0 N–H and O–H groups in total. The lowest BCUT2D eigenvalue weighted by molar-refractivity contribution is -0.191. The molecule has 0 aromatic heterocycles. The maximum atomic E-state index is 5.67. The summed E-state index contributed by atoms with van der Waals surface area (Å²) >= 11 is 0. The smallest absolute Gasteiger partial charge is 0.135 e. The van der Waals surface area contributed by atoms with Gasteiger partial charge in [-0.1, -0.05) is 0 Å². The minimum Gasteiger partial charge on any atom is -0.339 e. The molecule has 0 bridgehead atoms. The van der Waals surface area contributed by atoms with Crippen LogP contribution < -0.4 is 0 Å². The first-order valence-electron chi connectivity index (χ1n) is 4.98. The third-order valence-corrected chi connectivity index (χ3v) is 2.78. The Morgan fingerprint density at radius 1 is 0.857 bits per heavy atom. The van der Waals surface area contributed by atoms with Crippen molar-refractivity contribution in [3.8, 4) is 0 Å². The largest absolute Gasteiger partial charge is 0.339 e. The van der Waals surface area contributed by atoms with Gasteiger partial charge in [0.15, 0.2) is 0 Å². The maximum Gasteiger partial charge on any atom is 0.135 e. The number of rotatable bonds is 6. The topological polar surface area (TPSA) is 24.9 Å². The summed E-state index contributed by atoms with van der Waals surface area (Å²) in [5.41, 5.74) is 0. The Morgan fingerprint density at radius 2 is 1.14 bits per heavy atom. The molecule has 0 aromatic carbocycles. The van der Waals surface area contributed by atoms with Crippen molar-refractivity contribution in [1.29, 1.82) is 0 Å². The van der Waals surface area contributed by atoms with E-state index in [-0.39, 0.29) is 18.4 Å². The van der Waals surface area contributed by atoms with E-state index in [0.29, 0.717) is 0 Å². The highest BCUT2D eigenvalue weighted by Gasteiger charge is 2.14. The second-order valence-electron chi connectivity index (χ2n) is 3.97. The molecule has 4 nitrogen and oxygen atoms in total. The maximum absolute atomic E-state index is 5.67. The highest BCUT2D eigenvalue weighted by atomic mass is 28.1. The van der Waals surface area contributed by atoms with E-state index in [1.54, 1.807) is 0 Å². The van der Waals surface area contributed by atoms with Gasteiger partial charge in [-0.2, -0.15) is 0 Å². The summed E-state index contributed by atoms with van der Waals surface area (Å²) in [5.74, 6) is -0.0511. The Balaban J connectivity index is 3.80. The van der Waals surface area contributed by atoms with Crippen LogP contribution in [0.1, 0.15) is 13.8 Å². The van der Waals surface area contributed by atoms with Crippen LogP contribution >= 0.6 is 0 Å². The first-order valence-corrected chi connectivity index (χ1v) is 6.13. The van der Waals surface area contributed by atoms with Crippen LogP contribution in [0.15, 0.2) is 0 Å². The minimum atomic E-state index is -0.0511. The van der Waals surface area contributed by atoms with Crippen molar-refractivity contribution < 1.29 is 9.47 Å². The Hall–Kier alpha value is 0.0569. The van der Waals surface area contributed by atoms with Gasteiger partial charge < -0.3 is 9.47 Å². The van der Waals surface area contributed by atoms with E-state index in [4.69, 9.17) is 9.47 Å².